The molecule has 0 amide bonds. The zero-order valence-corrected chi connectivity index (χ0v) is 14.9. The standard InChI is InChI=1S/C16H8F6O4S2/c17-15(18,19)13(25)5-7(23)9-1-3-11(27-9)12-4-2-10(28-12)8(24)6-14(26)16(20,21)22/h1-6,23-24H/b7-5-,8-6-. The average Bonchev–Trinajstić information content (AvgIpc) is 3.22. The molecule has 0 fully saturated rings. The summed E-state index contributed by atoms with van der Waals surface area (Å²) >= 11 is 1.63. The molecule has 12 heteroatoms. The van der Waals surface area contributed by atoms with Gasteiger partial charge >= 0.3 is 12.4 Å². The van der Waals surface area contributed by atoms with Crippen molar-refractivity contribution in [1.82, 2.24) is 0 Å². The van der Waals surface area contributed by atoms with Crippen molar-refractivity contribution in [1.29, 1.82) is 0 Å². The van der Waals surface area contributed by atoms with E-state index in [1.165, 1.54) is 24.3 Å². The summed E-state index contributed by atoms with van der Waals surface area (Å²) in [6.45, 7) is 0. The molecule has 0 saturated heterocycles. The third-order valence-corrected chi connectivity index (χ3v) is 5.47. The van der Waals surface area contributed by atoms with Gasteiger partial charge in [-0.25, -0.2) is 0 Å². The number of carbonyl (C=O) groups is 2. The second-order valence-electron chi connectivity index (χ2n) is 5.11. The van der Waals surface area contributed by atoms with Crippen LogP contribution >= 0.6 is 22.7 Å². The number of alkyl halides is 6. The summed E-state index contributed by atoms with van der Waals surface area (Å²) in [4.78, 5) is 22.4. The third kappa shape index (κ3) is 5.23. The van der Waals surface area contributed by atoms with Crippen molar-refractivity contribution in [3.05, 3.63) is 46.2 Å². The van der Waals surface area contributed by atoms with Gasteiger partial charge in [0.05, 0.1) is 9.75 Å². The SMILES string of the molecule is O=C(/C=C(\O)c1ccc(-c2ccc(/C(O)=C/C(=O)C(F)(F)F)s2)s1)C(F)(F)F. The van der Waals surface area contributed by atoms with Crippen molar-refractivity contribution in [3.8, 4) is 9.75 Å². The van der Waals surface area contributed by atoms with E-state index in [0.29, 0.717) is 9.75 Å². The first-order valence-electron chi connectivity index (χ1n) is 7.03. The van der Waals surface area contributed by atoms with Crippen LogP contribution < -0.4 is 0 Å². The lowest BCUT2D eigenvalue weighted by molar-refractivity contribution is -0.165. The van der Waals surface area contributed by atoms with Crippen molar-refractivity contribution in [2.45, 2.75) is 12.4 Å². The second-order valence-corrected chi connectivity index (χ2v) is 7.28. The Bertz CT molecular complexity index is 884. The molecule has 2 rings (SSSR count). The first kappa shape index (κ1) is 21.7. The van der Waals surface area contributed by atoms with Crippen LogP contribution in [0.3, 0.4) is 0 Å². The Labute approximate surface area is 160 Å². The number of allylic oxidation sites excluding steroid dienone is 2. The summed E-state index contributed by atoms with van der Waals surface area (Å²) in [5.74, 6) is -6.26. The zero-order chi connectivity index (χ0) is 21.3. The Balaban J connectivity index is 2.24. The largest absolute Gasteiger partial charge is 0.506 e. The Morgan fingerprint density at radius 2 is 1.04 bits per heavy atom. The summed E-state index contributed by atoms with van der Waals surface area (Å²) in [6, 6.07) is 5.30. The van der Waals surface area contributed by atoms with E-state index in [4.69, 9.17) is 0 Å². The molecule has 0 aliphatic rings. The number of ketones is 2. The van der Waals surface area contributed by atoms with Crippen LogP contribution in [0.5, 0.6) is 0 Å². The van der Waals surface area contributed by atoms with Gasteiger partial charge in [0.15, 0.2) is 0 Å². The first-order chi connectivity index (χ1) is 12.8. The molecular formula is C16H8F6O4S2. The summed E-state index contributed by atoms with van der Waals surface area (Å²) in [6.07, 6.45) is -10.2. The highest BCUT2D eigenvalue weighted by atomic mass is 32.1. The minimum Gasteiger partial charge on any atom is -0.506 e. The van der Waals surface area contributed by atoms with Gasteiger partial charge in [0.25, 0.3) is 11.6 Å². The fourth-order valence-corrected chi connectivity index (χ4v) is 3.70. The van der Waals surface area contributed by atoms with Gasteiger partial charge in [-0.3, -0.25) is 9.59 Å². The Morgan fingerprint density at radius 3 is 1.32 bits per heavy atom. The van der Waals surface area contributed by atoms with E-state index in [2.05, 4.69) is 0 Å². The van der Waals surface area contributed by atoms with Crippen LogP contribution in [0.15, 0.2) is 36.4 Å². The van der Waals surface area contributed by atoms with Crippen LogP contribution in [-0.4, -0.2) is 34.1 Å². The van der Waals surface area contributed by atoms with E-state index in [1.807, 2.05) is 0 Å². The minimum absolute atomic E-state index is 0.0345. The highest BCUT2D eigenvalue weighted by molar-refractivity contribution is 7.23. The van der Waals surface area contributed by atoms with Crippen LogP contribution in [0.25, 0.3) is 21.3 Å². The predicted octanol–water partition coefficient (Wildman–Crippen LogP) is 5.54. The first-order valence-corrected chi connectivity index (χ1v) is 8.66. The molecule has 0 radical (unpaired) electrons. The van der Waals surface area contributed by atoms with Gasteiger partial charge in [0, 0.05) is 21.9 Å². The van der Waals surface area contributed by atoms with Crippen molar-refractivity contribution < 1.29 is 46.1 Å². The highest BCUT2D eigenvalue weighted by Gasteiger charge is 2.37. The van der Waals surface area contributed by atoms with Crippen molar-refractivity contribution >= 4 is 45.8 Å². The molecule has 0 saturated carbocycles. The lowest BCUT2D eigenvalue weighted by Gasteiger charge is -2.01. The van der Waals surface area contributed by atoms with Gasteiger partial charge < -0.3 is 10.2 Å². The van der Waals surface area contributed by atoms with Gasteiger partial charge in [-0.2, -0.15) is 26.3 Å². The van der Waals surface area contributed by atoms with Gasteiger partial charge in [-0.1, -0.05) is 0 Å². The molecule has 0 unspecified atom stereocenters. The van der Waals surface area contributed by atoms with Gasteiger partial charge in [-0.05, 0) is 24.3 Å². The van der Waals surface area contributed by atoms with Crippen LogP contribution in [0.2, 0.25) is 0 Å². The van der Waals surface area contributed by atoms with Gasteiger partial charge in [0.2, 0.25) is 0 Å². The Morgan fingerprint density at radius 1 is 0.714 bits per heavy atom. The molecule has 0 aliphatic carbocycles. The lowest BCUT2D eigenvalue weighted by Crippen LogP contribution is -2.20. The van der Waals surface area contributed by atoms with Crippen molar-refractivity contribution in [2.75, 3.05) is 0 Å². The number of carbonyl (C=O) groups excluding carboxylic acids is 2. The molecule has 2 N–H and O–H groups in total. The molecule has 0 atom stereocenters. The van der Waals surface area contributed by atoms with E-state index >= 15 is 0 Å². The molecule has 0 aliphatic heterocycles. The Hall–Kier alpha value is -2.60. The highest BCUT2D eigenvalue weighted by Crippen LogP contribution is 2.37. The van der Waals surface area contributed by atoms with Gasteiger partial charge in [0.1, 0.15) is 11.5 Å². The molecule has 0 aromatic carbocycles. The molecule has 4 nitrogen and oxygen atoms in total. The number of rotatable bonds is 5. The average molecular weight is 442 g/mol. The van der Waals surface area contributed by atoms with E-state index in [9.17, 15) is 46.1 Å². The summed E-state index contributed by atoms with van der Waals surface area (Å²) in [7, 11) is 0. The predicted molar refractivity (Wildman–Crippen MR) is 91.0 cm³/mol. The molecule has 150 valence electrons. The maximum atomic E-state index is 12.2. The summed E-state index contributed by atoms with van der Waals surface area (Å²) in [5, 5.41) is 19.3. The fourth-order valence-electron chi connectivity index (χ4n) is 1.77. The summed E-state index contributed by atoms with van der Waals surface area (Å²) in [5.41, 5.74) is 0. The molecule has 2 heterocycles. The number of hydrogen-bond donors (Lipinski definition) is 2. The maximum absolute atomic E-state index is 12.2. The summed E-state index contributed by atoms with van der Waals surface area (Å²) < 4.78 is 73.3. The lowest BCUT2D eigenvalue weighted by atomic mass is 10.2. The van der Waals surface area contributed by atoms with E-state index in [-0.39, 0.29) is 21.9 Å². The van der Waals surface area contributed by atoms with E-state index in [0.717, 1.165) is 22.7 Å². The Kier molecular flexibility index (Phi) is 6.04. The van der Waals surface area contributed by atoms with Crippen molar-refractivity contribution in [3.63, 3.8) is 0 Å². The normalized spacial score (nSPS) is 13.6. The van der Waals surface area contributed by atoms with Crippen LogP contribution in [0.1, 0.15) is 9.75 Å². The number of aliphatic hydroxyl groups is 2. The number of thiophene rings is 2. The van der Waals surface area contributed by atoms with Gasteiger partial charge in [-0.15, -0.1) is 22.7 Å². The molecule has 2 aromatic rings. The maximum Gasteiger partial charge on any atom is 0.454 e. The zero-order valence-electron chi connectivity index (χ0n) is 13.3. The quantitative estimate of drug-likeness (QED) is 0.362. The fraction of sp³-hybridized carbons (Fsp3) is 0.125. The third-order valence-electron chi connectivity index (χ3n) is 3.05. The van der Waals surface area contributed by atoms with Crippen LogP contribution in [-0.2, 0) is 9.59 Å². The number of hydrogen-bond acceptors (Lipinski definition) is 6. The minimum atomic E-state index is -5.13. The van der Waals surface area contributed by atoms with Crippen LogP contribution in [0, 0.1) is 0 Å². The monoisotopic (exact) mass is 442 g/mol. The topological polar surface area (TPSA) is 74.6 Å². The molecule has 0 bridgehead atoms. The second kappa shape index (κ2) is 7.80. The molecule has 0 spiro atoms. The van der Waals surface area contributed by atoms with Crippen molar-refractivity contribution in [2.24, 2.45) is 0 Å². The molecule has 28 heavy (non-hydrogen) atoms. The smallest absolute Gasteiger partial charge is 0.454 e. The van der Waals surface area contributed by atoms with E-state index < -0.39 is 35.4 Å². The number of halogens is 6. The van der Waals surface area contributed by atoms with Crippen LogP contribution in [0.4, 0.5) is 26.3 Å². The molecular weight excluding hydrogens is 434 g/mol. The van der Waals surface area contributed by atoms with E-state index in [1.54, 1.807) is 0 Å². The number of aliphatic hydroxyl groups excluding tert-OH is 2. The molecule has 2 aromatic heterocycles.